The van der Waals surface area contributed by atoms with E-state index in [4.69, 9.17) is 11.6 Å². The molecule has 0 amide bonds. The summed E-state index contributed by atoms with van der Waals surface area (Å²) in [5, 5.41) is 0.887. The summed E-state index contributed by atoms with van der Waals surface area (Å²) in [6.45, 7) is 3.94. The quantitative estimate of drug-likeness (QED) is 0.480. The molecule has 0 rings (SSSR count). The fourth-order valence-corrected chi connectivity index (χ4v) is 0.436. The van der Waals surface area contributed by atoms with Gasteiger partial charge in [-0.2, -0.15) is 0 Å². The highest BCUT2D eigenvalue weighted by molar-refractivity contribution is 6.29. The predicted octanol–water partition coefficient (Wildman–Crippen LogP) is 2.54. The first kappa shape index (κ1) is 6.03. The van der Waals surface area contributed by atoms with Crippen LogP contribution in [0.15, 0.2) is 11.1 Å². The van der Waals surface area contributed by atoms with Crippen LogP contribution in [0.1, 0.15) is 20.3 Å². The Hall–Kier alpha value is 0.0300. The molecule has 0 radical (unpaired) electrons. The molecule has 0 spiro atoms. The maximum absolute atomic E-state index is 5.44. The van der Waals surface area contributed by atoms with Gasteiger partial charge in [-0.05, 0) is 13.3 Å². The van der Waals surface area contributed by atoms with Crippen molar-refractivity contribution >= 4 is 11.6 Å². The summed E-state index contributed by atoms with van der Waals surface area (Å²) in [7, 11) is 0. The number of rotatable bonds is 1. The lowest BCUT2D eigenvalue weighted by Gasteiger charge is -1.77. The van der Waals surface area contributed by atoms with Gasteiger partial charge in [0.2, 0.25) is 0 Å². The topological polar surface area (TPSA) is 0 Å². The second kappa shape index (κ2) is 3.23. The van der Waals surface area contributed by atoms with Gasteiger partial charge < -0.3 is 0 Å². The van der Waals surface area contributed by atoms with Gasteiger partial charge in [-0.1, -0.05) is 24.6 Å². The summed E-state index contributed by atoms with van der Waals surface area (Å²) in [6.07, 6.45) is 3.01. The summed E-state index contributed by atoms with van der Waals surface area (Å²) in [6, 6.07) is 0. The Balaban J connectivity index is 3.14. The van der Waals surface area contributed by atoms with Crippen molar-refractivity contribution in [1.29, 1.82) is 0 Å². The number of allylic oxidation sites excluding steroid dienone is 2. The van der Waals surface area contributed by atoms with Gasteiger partial charge in [0.25, 0.3) is 0 Å². The summed E-state index contributed by atoms with van der Waals surface area (Å²) in [5.41, 5.74) is 0. The average Bonchev–Trinajstić information content (AvgIpc) is 1.35. The van der Waals surface area contributed by atoms with E-state index in [2.05, 4.69) is 6.92 Å². The minimum Gasteiger partial charge on any atom is -0.0898 e. The highest BCUT2D eigenvalue weighted by atomic mass is 35.5. The standard InChI is InChI=1S/C5H9Cl/c1-3-4-5(2)6/h4H,3H2,1-2H3/b5-4+. The monoisotopic (exact) mass is 104 g/mol. The van der Waals surface area contributed by atoms with Gasteiger partial charge in [0.1, 0.15) is 0 Å². The lowest BCUT2D eigenvalue weighted by molar-refractivity contribution is 1.21. The van der Waals surface area contributed by atoms with E-state index >= 15 is 0 Å². The van der Waals surface area contributed by atoms with Crippen molar-refractivity contribution in [1.82, 2.24) is 0 Å². The fraction of sp³-hybridized carbons (Fsp3) is 0.600. The molecular weight excluding hydrogens is 95.5 g/mol. The maximum atomic E-state index is 5.44. The zero-order valence-electron chi connectivity index (χ0n) is 4.16. The van der Waals surface area contributed by atoms with Crippen LogP contribution in [0.3, 0.4) is 0 Å². The third kappa shape index (κ3) is 4.03. The molecule has 0 bridgehead atoms. The molecule has 0 saturated carbocycles. The molecule has 0 heterocycles. The van der Waals surface area contributed by atoms with Gasteiger partial charge in [-0.3, -0.25) is 0 Å². The van der Waals surface area contributed by atoms with E-state index in [1.165, 1.54) is 0 Å². The molecule has 0 unspecified atom stereocenters. The zero-order valence-corrected chi connectivity index (χ0v) is 4.92. The van der Waals surface area contributed by atoms with Crippen LogP contribution < -0.4 is 0 Å². The van der Waals surface area contributed by atoms with Crippen molar-refractivity contribution < 1.29 is 0 Å². The van der Waals surface area contributed by atoms with E-state index in [1.807, 2.05) is 13.0 Å². The van der Waals surface area contributed by atoms with E-state index < -0.39 is 0 Å². The Morgan fingerprint density at radius 1 is 1.83 bits per heavy atom. The summed E-state index contributed by atoms with van der Waals surface area (Å²) in [4.78, 5) is 0. The van der Waals surface area contributed by atoms with Crippen molar-refractivity contribution in [3.8, 4) is 0 Å². The molecule has 6 heavy (non-hydrogen) atoms. The number of halogens is 1. The Labute approximate surface area is 43.8 Å². The maximum Gasteiger partial charge on any atom is 0.0110 e. The molecule has 1 heteroatoms. The highest BCUT2D eigenvalue weighted by Gasteiger charge is 1.70. The molecule has 0 aromatic heterocycles. The Kier molecular flexibility index (Phi) is 3.24. The Morgan fingerprint density at radius 3 is 2.33 bits per heavy atom. The van der Waals surface area contributed by atoms with Crippen molar-refractivity contribution in [3.63, 3.8) is 0 Å². The second-order valence-electron chi connectivity index (χ2n) is 1.20. The summed E-state index contributed by atoms with van der Waals surface area (Å²) in [5.74, 6) is 0. The molecule has 36 valence electrons. The second-order valence-corrected chi connectivity index (χ2v) is 1.80. The Bertz CT molecular complexity index is 51.0. The van der Waals surface area contributed by atoms with E-state index in [9.17, 15) is 0 Å². The normalized spacial score (nSPS) is 12.2. The van der Waals surface area contributed by atoms with E-state index in [1.54, 1.807) is 0 Å². The van der Waals surface area contributed by atoms with Crippen LogP contribution >= 0.6 is 11.6 Å². The first-order chi connectivity index (χ1) is 2.77. The van der Waals surface area contributed by atoms with Gasteiger partial charge in [-0.25, -0.2) is 0 Å². The lowest BCUT2D eigenvalue weighted by Crippen LogP contribution is -1.54. The summed E-state index contributed by atoms with van der Waals surface area (Å²) < 4.78 is 0. The lowest BCUT2D eigenvalue weighted by atomic mass is 10.4. The molecule has 0 aliphatic carbocycles. The molecular formula is C5H9Cl. The molecule has 0 aliphatic rings. The average molecular weight is 105 g/mol. The zero-order chi connectivity index (χ0) is 4.99. The highest BCUT2D eigenvalue weighted by Crippen LogP contribution is 1.97. The molecule has 0 nitrogen and oxygen atoms in total. The first-order valence-electron chi connectivity index (χ1n) is 2.09. The van der Waals surface area contributed by atoms with Crippen LogP contribution in [0.25, 0.3) is 0 Å². The van der Waals surface area contributed by atoms with Gasteiger partial charge in [0, 0.05) is 5.03 Å². The molecule has 0 saturated heterocycles. The predicted molar refractivity (Wildman–Crippen MR) is 29.9 cm³/mol. The first-order valence-corrected chi connectivity index (χ1v) is 2.47. The van der Waals surface area contributed by atoms with Crippen molar-refractivity contribution in [3.05, 3.63) is 11.1 Å². The van der Waals surface area contributed by atoms with Crippen LogP contribution in [0, 0.1) is 0 Å². The van der Waals surface area contributed by atoms with Crippen molar-refractivity contribution in [2.45, 2.75) is 20.3 Å². The van der Waals surface area contributed by atoms with Crippen LogP contribution in [-0.4, -0.2) is 0 Å². The summed E-state index contributed by atoms with van der Waals surface area (Å²) >= 11 is 5.44. The molecule has 0 fully saturated rings. The van der Waals surface area contributed by atoms with E-state index in [-0.39, 0.29) is 0 Å². The molecule has 0 N–H and O–H groups in total. The van der Waals surface area contributed by atoms with Crippen LogP contribution in [0.5, 0.6) is 0 Å². The van der Waals surface area contributed by atoms with Crippen LogP contribution in [-0.2, 0) is 0 Å². The largest absolute Gasteiger partial charge is 0.0898 e. The van der Waals surface area contributed by atoms with Crippen LogP contribution in [0.2, 0.25) is 0 Å². The number of hydrogen-bond acceptors (Lipinski definition) is 0. The third-order valence-corrected chi connectivity index (χ3v) is 0.640. The Morgan fingerprint density at radius 2 is 2.33 bits per heavy atom. The van der Waals surface area contributed by atoms with Crippen molar-refractivity contribution in [2.75, 3.05) is 0 Å². The van der Waals surface area contributed by atoms with E-state index in [0.29, 0.717) is 0 Å². The third-order valence-electron chi connectivity index (χ3n) is 0.485. The van der Waals surface area contributed by atoms with E-state index in [0.717, 1.165) is 11.5 Å². The van der Waals surface area contributed by atoms with Gasteiger partial charge >= 0.3 is 0 Å². The molecule has 0 atom stereocenters. The minimum atomic E-state index is 0.887. The van der Waals surface area contributed by atoms with Gasteiger partial charge in [-0.15, -0.1) is 0 Å². The minimum absolute atomic E-state index is 0.887. The van der Waals surface area contributed by atoms with Crippen molar-refractivity contribution in [2.24, 2.45) is 0 Å². The van der Waals surface area contributed by atoms with Crippen LogP contribution in [0.4, 0.5) is 0 Å². The smallest absolute Gasteiger partial charge is 0.0110 e. The molecule has 0 aromatic rings. The SMILES string of the molecule is CC/C=C(\C)Cl. The fourth-order valence-electron chi connectivity index (χ4n) is 0.281. The van der Waals surface area contributed by atoms with Gasteiger partial charge in [0.15, 0.2) is 0 Å². The molecule has 0 aliphatic heterocycles. The number of hydrogen-bond donors (Lipinski definition) is 0. The molecule has 0 aromatic carbocycles. The van der Waals surface area contributed by atoms with Gasteiger partial charge in [0.05, 0.1) is 0 Å².